The van der Waals surface area contributed by atoms with Crippen molar-refractivity contribution in [2.24, 2.45) is 0 Å². The Bertz CT molecular complexity index is 95.4. The molecule has 0 rings (SSSR count). The summed E-state index contributed by atoms with van der Waals surface area (Å²) in [6.07, 6.45) is -0.803. The van der Waals surface area contributed by atoms with Crippen molar-refractivity contribution in [2.45, 2.75) is 6.10 Å². The summed E-state index contributed by atoms with van der Waals surface area (Å²) in [5.74, 6) is 0. The van der Waals surface area contributed by atoms with E-state index in [1.807, 2.05) is 0 Å². The van der Waals surface area contributed by atoms with Crippen molar-refractivity contribution in [2.75, 3.05) is 39.5 Å². The fourth-order valence-corrected chi connectivity index (χ4v) is 0.933. The van der Waals surface area contributed by atoms with Crippen LogP contribution in [0.2, 0.25) is 0 Å². The highest BCUT2D eigenvalue weighted by Crippen LogP contribution is 1.90. The molecule has 0 aliphatic carbocycles. The summed E-state index contributed by atoms with van der Waals surface area (Å²) in [4.78, 5) is 1.68. The van der Waals surface area contributed by atoms with Crippen molar-refractivity contribution in [3.8, 4) is 0 Å². The molecule has 4 N–H and O–H groups in total. The second kappa shape index (κ2) is 7.45. The maximum atomic E-state index is 9.03. The molecule has 0 aromatic rings. The highest BCUT2D eigenvalue weighted by molar-refractivity contribution is 4.62. The van der Waals surface area contributed by atoms with Crippen molar-refractivity contribution >= 4 is 0 Å². The summed E-state index contributed by atoms with van der Waals surface area (Å²) in [5.41, 5.74) is 0. The zero-order valence-corrected chi connectivity index (χ0v) is 7.06. The molecule has 1 atom stereocenters. The minimum absolute atomic E-state index is 0.0157. The molecule has 0 fully saturated rings. The predicted octanol–water partition coefficient (Wildman–Crippen LogP) is -2.37. The van der Waals surface area contributed by atoms with E-state index >= 15 is 0 Å². The van der Waals surface area contributed by atoms with Crippen LogP contribution < -0.4 is 0 Å². The third-order valence-corrected chi connectivity index (χ3v) is 1.51. The molecule has 0 saturated heterocycles. The Morgan fingerprint density at radius 3 is 1.83 bits per heavy atom. The van der Waals surface area contributed by atoms with Gasteiger partial charge in [-0.2, -0.15) is 0 Å². The molecule has 0 aromatic carbocycles. The summed E-state index contributed by atoms with van der Waals surface area (Å²) in [7, 11) is 0. The second-order valence-electron chi connectivity index (χ2n) is 2.58. The first kappa shape index (κ1) is 11.8. The monoisotopic (exact) mass is 179 g/mol. The molecular formula is C7H17NO4. The van der Waals surface area contributed by atoms with E-state index in [0.717, 1.165) is 0 Å². The van der Waals surface area contributed by atoms with E-state index in [2.05, 4.69) is 0 Å². The topological polar surface area (TPSA) is 84.2 Å². The van der Waals surface area contributed by atoms with Gasteiger partial charge in [0.15, 0.2) is 0 Å². The Labute approximate surface area is 71.9 Å². The smallest absolute Gasteiger partial charge is 0.0897 e. The molecule has 5 heteroatoms. The van der Waals surface area contributed by atoms with Crippen LogP contribution in [0.5, 0.6) is 0 Å². The third-order valence-electron chi connectivity index (χ3n) is 1.51. The average molecular weight is 179 g/mol. The Kier molecular flexibility index (Phi) is 7.33. The molecule has 74 valence electrons. The van der Waals surface area contributed by atoms with Gasteiger partial charge in [-0.25, -0.2) is 0 Å². The zero-order chi connectivity index (χ0) is 9.40. The lowest BCUT2D eigenvalue weighted by Crippen LogP contribution is -2.37. The van der Waals surface area contributed by atoms with Crippen molar-refractivity contribution in [1.82, 2.24) is 4.90 Å². The lowest BCUT2D eigenvalue weighted by molar-refractivity contribution is 0.0478. The molecule has 5 nitrogen and oxygen atoms in total. The minimum Gasteiger partial charge on any atom is -0.395 e. The molecule has 0 spiro atoms. The third kappa shape index (κ3) is 5.45. The largest absolute Gasteiger partial charge is 0.395 e. The van der Waals surface area contributed by atoms with Crippen LogP contribution in [0.1, 0.15) is 0 Å². The van der Waals surface area contributed by atoms with E-state index in [9.17, 15) is 0 Å². The van der Waals surface area contributed by atoms with Gasteiger partial charge in [0.05, 0.1) is 25.9 Å². The van der Waals surface area contributed by atoms with Crippen LogP contribution >= 0.6 is 0 Å². The number of hydrogen-bond acceptors (Lipinski definition) is 5. The highest BCUT2D eigenvalue weighted by Gasteiger charge is 2.09. The summed E-state index contributed by atoms with van der Waals surface area (Å²) in [6, 6.07) is 0. The molecule has 0 amide bonds. The van der Waals surface area contributed by atoms with Gasteiger partial charge < -0.3 is 20.4 Å². The van der Waals surface area contributed by atoms with Gasteiger partial charge in [-0.1, -0.05) is 0 Å². The number of nitrogens with zero attached hydrogens (tertiary/aromatic N) is 1. The number of hydrogen-bond donors (Lipinski definition) is 4. The molecule has 0 bridgehead atoms. The van der Waals surface area contributed by atoms with Crippen molar-refractivity contribution < 1.29 is 20.4 Å². The molecule has 1 unspecified atom stereocenters. The van der Waals surface area contributed by atoms with Crippen LogP contribution in [0.3, 0.4) is 0 Å². The highest BCUT2D eigenvalue weighted by atomic mass is 16.3. The van der Waals surface area contributed by atoms with Crippen molar-refractivity contribution in [1.29, 1.82) is 0 Å². The zero-order valence-electron chi connectivity index (χ0n) is 7.06. The molecular weight excluding hydrogens is 162 g/mol. The first-order chi connectivity index (χ1) is 5.74. The Morgan fingerprint density at radius 2 is 1.50 bits per heavy atom. The van der Waals surface area contributed by atoms with Crippen molar-refractivity contribution in [3.05, 3.63) is 0 Å². The number of aliphatic hydroxyl groups is 4. The summed E-state index contributed by atoms with van der Waals surface area (Å²) >= 11 is 0. The SMILES string of the molecule is OCCN(CCO)CC(O)CO. The van der Waals surface area contributed by atoms with Gasteiger partial charge in [-0.15, -0.1) is 0 Å². The molecule has 0 saturated carbocycles. The van der Waals surface area contributed by atoms with Gasteiger partial charge >= 0.3 is 0 Å². The number of rotatable bonds is 7. The average Bonchev–Trinajstić information content (AvgIpc) is 2.05. The molecule has 12 heavy (non-hydrogen) atoms. The van der Waals surface area contributed by atoms with E-state index in [1.54, 1.807) is 4.90 Å². The van der Waals surface area contributed by atoms with Gasteiger partial charge in [0.2, 0.25) is 0 Å². The molecule has 0 aliphatic heterocycles. The standard InChI is InChI=1S/C7H17NO4/c9-3-1-8(2-4-10)5-7(12)6-11/h7,9-12H,1-6H2. The van der Waals surface area contributed by atoms with Gasteiger partial charge in [-0.05, 0) is 0 Å². The Balaban J connectivity index is 3.61. The van der Waals surface area contributed by atoms with Crippen LogP contribution in [-0.4, -0.2) is 70.9 Å². The van der Waals surface area contributed by atoms with E-state index in [0.29, 0.717) is 13.1 Å². The molecule has 0 aromatic heterocycles. The Morgan fingerprint density at radius 1 is 1.00 bits per heavy atom. The van der Waals surface area contributed by atoms with Gasteiger partial charge in [0.25, 0.3) is 0 Å². The quantitative estimate of drug-likeness (QED) is 0.351. The maximum absolute atomic E-state index is 9.03. The summed E-state index contributed by atoms with van der Waals surface area (Å²) < 4.78 is 0. The van der Waals surface area contributed by atoms with Gasteiger partial charge in [-0.3, -0.25) is 4.90 Å². The van der Waals surface area contributed by atoms with Crippen LogP contribution in [0.4, 0.5) is 0 Å². The Hall–Kier alpha value is -0.200. The fraction of sp³-hybridized carbons (Fsp3) is 1.00. The first-order valence-corrected chi connectivity index (χ1v) is 3.97. The molecule has 0 aliphatic rings. The van der Waals surface area contributed by atoms with Crippen LogP contribution in [0, 0.1) is 0 Å². The maximum Gasteiger partial charge on any atom is 0.0897 e. The van der Waals surface area contributed by atoms with Crippen LogP contribution in [0.15, 0.2) is 0 Å². The second-order valence-corrected chi connectivity index (χ2v) is 2.58. The lowest BCUT2D eigenvalue weighted by atomic mass is 10.3. The van der Waals surface area contributed by atoms with Crippen molar-refractivity contribution in [3.63, 3.8) is 0 Å². The first-order valence-electron chi connectivity index (χ1n) is 3.97. The van der Waals surface area contributed by atoms with Crippen LogP contribution in [0.25, 0.3) is 0 Å². The predicted molar refractivity (Wildman–Crippen MR) is 43.7 cm³/mol. The lowest BCUT2D eigenvalue weighted by Gasteiger charge is -2.22. The molecule has 0 heterocycles. The molecule has 0 radical (unpaired) electrons. The van der Waals surface area contributed by atoms with E-state index in [-0.39, 0.29) is 26.4 Å². The summed E-state index contributed by atoms with van der Waals surface area (Å²) in [6.45, 7) is 0.747. The fourth-order valence-electron chi connectivity index (χ4n) is 0.933. The van der Waals surface area contributed by atoms with Gasteiger partial charge in [0.1, 0.15) is 0 Å². The van der Waals surface area contributed by atoms with E-state index < -0.39 is 6.10 Å². The van der Waals surface area contributed by atoms with Gasteiger partial charge in [0, 0.05) is 19.6 Å². The van der Waals surface area contributed by atoms with Crippen LogP contribution in [-0.2, 0) is 0 Å². The minimum atomic E-state index is -0.803. The van der Waals surface area contributed by atoms with E-state index in [1.165, 1.54) is 0 Å². The normalized spacial score (nSPS) is 13.8. The summed E-state index contributed by atoms with van der Waals surface area (Å²) in [5, 5.41) is 34.7. The number of aliphatic hydroxyl groups excluding tert-OH is 4. The van der Waals surface area contributed by atoms with E-state index in [4.69, 9.17) is 20.4 Å².